The van der Waals surface area contributed by atoms with E-state index in [2.05, 4.69) is 89.8 Å². The molecule has 1 aromatic heterocycles. The molecular weight excluding hydrogens is 450 g/mol. The fraction of sp³-hybridized carbons (Fsp3) is 0.414. The van der Waals surface area contributed by atoms with Crippen LogP contribution in [0.5, 0.6) is 0 Å². The zero-order valence-corrected chi connectivity index (χ0v) is 21.5. The Balaban J connectivity index is 1.25. The summed E-state index contributed by atoms with van der Waals surface area (Å²) in [5, 5.41) is 4.76. The van der Waals surface area contributed by atoms with Crippen LogP contribution < -0.4 is 4.90 Å². The van der Waals surface area contributed by atoms with E-state index in [0.717, 1.165) is 23.7 Å². The number of allylic oxidation sites excluding steroid dienone is 1. The molecule has 182 valence electrons. The lowest BCUT2D eigenvalue weighted by atomic mass is 9.71. The summed E-state index contributed by atoms with van der Waals surface area (Å²) in [5.74, 6) is 1.93. The lowest BCUT2D eigenvalue weighted by molar-refractivity contribution is 0.247. The van der Waals surface area contributed by atoms with Gasteiger partial charge >= 0.3 is 0 Å². The topological polar surface area (TPSA) is 27.5 Å². The van der Waals surface area contributed by atoms with Crippen molar-refractivity contribution in [3.05, 3.63) is 95.5 Å². The first-order valence-corrected chi connectivity index (χ1v) is 13.4. The Kier molecular flexibility index (Phi) is 6.11. The second-order valence-corrected chi connectivity index (χ2v) is 10.9. The largest absolute Gasteiger partial charge is 0.302 e. The Bertz CT molecular complexity index is 1210. The lowest BCUT2D eigenvalue weighted by Gasteiger charge is -2.34. The third-order valence-corrected chi connectivity index (χ3v) is 8.27. The number of piperidine rings is 1. The Morgan fingerprint density at radius 2 is 1.89 bits per heavy atom. The number of fused-ring (bicyclic) bond motifs is 1. The van der Waals surface area contributed by atoms with Crippen LogP contribution in [0.25, 0.3) is 0 Å². The van der Waals surface area contributed by atoms with Crippen LogP contribution in [-0.2, 0) is 0 Å². The van der Waals surface area contributed by atoms with Crippen LogP contribution >= 0.6 is 12.8 Å². The second kappa shape index (κ2) is 9.40. The number of thiol groups is 1. The van der Waals surface area contributed by atoms with Gasteiger partial charge < -0.3 is 9.80 Å². The molecule has 1 saturated heterocycles. The van der Waals surface area contributed by atoms with Gasteiger partial charge in [-0.25, -0.2) is 4.09 Å². The van der Waals surface area contributed by atoms with E-state index in [1.54, 1.807) is 4.09 Å². The molecule has 3 aliphatic heterocycles. The number of aromatic nitrogens is 2. The van der Waals surface area contributed by atoms with Crippen LogP contribution in [0, 0.1) is 12.8 Å². The van der Waals surface area contributed by atoms with E-state index >= 15 is 0 Å². The highest BCUT2D eigenvalue weighted by molar-refractivity contribution is 7.78. The highest BCUT2D eigenvalue weighted by Gasteiger charge is 2.33. The Morgan fingerprint density at radius 1 is 1.06 bits per heavy atom. The molecule has 1 aliphatic carbocycles. The maximum Gasteiger partial charge on any atom is 0.114 e. The van der Waals surface area contributed by atoms with Crippen molar-refractivity contribution >= 4 is 18.5 Å². The molecule has 0 bridgehead atoms. The van der Waals surface area contributed by atoms with E-state index in [9.17, 15) is 0 Å². The molecule has 1 atom stereocenters. The smallest absolute Gasteiger partial charge is 0.114 e. The molecule has 0 spiro atoms. The van der Waals surface area contributed by atoms with E-state index < -0.39 is 0 Å². The average molecular weight is 486 g/mol. The predicted octanol–water partition coefficient (Wildman–Crippen LogP) is 6.19. The molecular formula is C29H35N5S. The summed E-state index contributed by atoms with van der Waals surface area (Å²) in [5.41, 5.74) is 7.37. The van der Waals surface area contributed by atoms with Gasteiger partial charge in [0.1, 0.15) is 5.82 Å². The quantitative estimate of drug-likeness (QED) is 0.494. The fourth-order valence-corrected chi connectivity index (χ4v) is 6.23. The second-order valence-electron chi connectivity index (χ2n) is 10.5. The summed E-state index contributed by atoms with van der Waals surface area (Å²) in [7, 11) is 0. The van der Waals surface area contributed by atoms with Crippen LogP contribution in [-0.4, -0.2) is 38.6 Å². The van der Waals surface area contributed by atoms with Gasteiger partial charge in [-0.05, 0) is 99.3 Å². The molecule has 4 heterocycles. The first-order chi connectivity index (χ1) is 17.1. The minimum absolute atomic E-state index is 0.305. The molecule has 1 aromatic carbocycles. The van der Waals surface area contributed by atoms with E-state index in [4.69, 9.17) is 5.10 Å². The number of hydrogen-bond acceptors (Lipinski definition) is 5. The molecule has 0 radical (unpaired) electrons. The molecule has 4 aliphatic rings. The maximum absolute atomic E-state index is 4.76. The molecule has 2 fully saturated rings. The lowest BCUT2D eigenvalue weighted by Crippen LogP contribution is -2.32. The van der Waals surface area contributed by atoms with Crippen molar-refractivity contribution in [2.75, 3.05) is 24.5 Å². The minimum atomic E-state index is 0.305. The summed E-state index contributed by atoms with van der Waals surface area (Å²) in [4.78, 5) is 7.04. The van der Waals surface area contributed by atoms with E-state index in [-0.39, 0.29) is 0 Å². The van der Waals surface area contributed by atoms with Crippen LogP contribution in [0.2, 0.25) is 0 Å². The van der Waals surface area contributed by atoms with Crippen molar-refractivity contribution in [1.29, 1.82) is 0 Å². The van der Waals surface area contributed by atoms with Gasteiger partial charge in [0.15, 0.2) is 0 Å². The standard InChI is InChI=1S/C29H35N5S/c1-21-17-34(35)30-29(21)28(24-8-6-9-24)25-10-7-11-26(16-25)33-20-27-13-12-23(19-32(27)22(33)2)18-31-14-4-3-5-15-31/h7,10-13,16-17,19-20,24,28,35H,2-6,8-9,14-15,18H2,1H3. The van der Waals surface area contributed by atoms with E-state index in [1.165, 1.54) is 74.0 Å². The molecule has 0 N–H and O–H groups in total. The van der Waals surface area contributed by atoms with Crippen molar-refractivity contribution in [1.82, 2.24) is 19.0 Å². The van der Waals surface area contributed by atoms with Gasteiger partial charge in [-0.1, -0.05) is 37.6 Å². The van der Waals surface area contributed by atoms with E-state index in [0.29, 0.717) is 11.8 Å². The average Bonchev–Trinajstić information content (AvgIpc) is 3.34. The summed E-state index contributed by atoms with van der Waals surface area (Å²) in [6, 6.07) is 8.97. The van der Waals surface area contributed by atoms with Crippen molar-refractivity contribution in [2.24, 2.45) is 5.92 Å². The van der Waals surface area contributed by atoms with Crippen molar-refractivity contribution < 1.29 is 0 Å². The zero-order chi connectivity index (χ0) is 23.9. The summed E-state index contributed by atoms with van der Waals surface area (Å²) >= 11 is 4.45. The molecule has 2 aromatic rings. The van der Waals surface area contributed by atoms with Crippen LogP contribution in [0.3, 0.4) is 0 Å². The molecule has 5 nitrogen and oxygen atoms in total. The van der Waals surface area contributed by atoms with Crippen LogP contribution in [0.4, 0.5) is 5.69 Å². The first-order valence-electron chi connectivity index (χ1n) is 13.0. The van der Waals surface area contributed by atoms with Gasteiger partial charge in [-0.15, -0.1) is 0 Å². The fourth-order valence-electron chi connectivity index (χ4n) is 5.96. The molecule has 0 amide bonds. The first kappa shape index (κ1) is 22.7. The monoisotopic (exact) mass is 485 g/mol. The Labute approximate surface area is 214 Å². The van der Waals surface area contributed by atoms with Gasteiger partial charge in [0, 0.05) is 36.7 Å². The van der Waals surface area contributed by atoms with Gasteiger partial charge in [0.05, 0.1) is 11.4 Å². The highest BCUT2D eigenvalue weighted by atomic mass is 32.1. The minimum Gasteiger partial charge on any atom is -0.302 e. The number of nitrogens with zero attached hydrogens (tertiary/aromatic N) is 5. The number of anilines is 1. The van der Waals surface area contributed by atoms with Crippen molar-refractivity contribution in [3.8, 4) is 0 Å². The Hall–Kier alpha value is -2.70. The third-order valence-electron chi connectivity index (χ3n) is 8.06. The third kappa shape index (κ3) is 4.38. The maximum atomic E-state index is 4.76. The normalized spacial score (nSPS) is 21.6. The molecule has 6 rings (SSSR count). The number of hydrogen-bond donors (Lipinski definition) is 1. The van der Waals surface area contributed by atoms with Crippen molar-refractivity contribution in [2.45, 2.75) is 51.4 Å². The molecule has 35 heavy (non-hydrogen) atoms. The SMILES string of the molecule is C=C1N2C=C(CN3CCCCC3)C=CC2=CN1c1cccc(C(c2nn(S)cc2C)C2CCC2)c1. The van der Waals surface area contributed by atoms with Gasteiger partial charge in [0.2, 0.25) is 0 Å². The van der Waals surface area contributed by atoms with Gasteiger partial charge in [-0.2, -0.15) is 5.10 Å². The Morgan fingerprint density at radius 3 is 2.60 bits per heavy atom. The van der Waals surface area contributed by atoms with Gasteiger partial charge in [-0.3, -0.25) is 4.90 Å². The van der Waals surface area contributed by atoms with Crippen molar-refractivity contribution in [3.63, 3.8) is 0 Å². The summed E-state index contributed by atoms with van der Waals surface area (Å²) < 4.78 is 1.66. The molecule has 1 unspecified atom stereocenters. The number of likely N-dealkylation sites (tertiary alicyclic amines) is 1. The highest BCUT2D eigenvalue weighted by Crippen LogP contribution is 2.45. The predicted molar refractivity (Wildman–Crippen MR) is 146 cm³/mol. The van der Waals surface area contributed by atoms with Gasteiger partial charge in [0.25, 0.3) is 0 Å². The summed E-state index contributed by atoms with van der Waals surface area (Å²) in [6.07, 6.45) is 18.8. The zero-order valence-electron chi connectivity index (χ0n) is 20.6. The van der Waals surface area contributed by atoms with E-state index in [1.807, 2.05) is 6.20 Å². The molecule has 1 saturated carbocycles. The number of benzene rings is 1. The number of aryl methyl sites for hydroxylation is 1. The van der Waals surface area contributed by atoms with Crippen LogP contribution in [0.1, 0.15) is 61.3 Å². The molecule has 6 heteroatoms. The number of rotatable bonds is 6. The summed E-state index contributed by atoms with van der Waals surface area (Å²) in [6.45, 7) is 10.1. The van der Waals surface area contributed by atoms with Crippen LogP contribution in [0.15, 0.2) is 78.7 Å².